The van der Waals surface area contributed by atoms with E-state index >= 15 is 0 Å². The first kappa shape index (κ1) is 34.9. The van der Waals surface area contributed by atoms with Crippen LogP contribution in [0.4, 0.5) is 26.3 Å². The molecule has 0 saturated carbocycles. The van der Waals surface area contributed by atoms with Crippen molar-refractivity contribution in [2.24, 2.45) is 5.92 Å². The van der Waals surface area contributed by atoms with Crippen LogP contribution in [-0.4, -0.2) is 106 Å². The van der Waals surface area contributed by atoms with E-state index in [2.05, 4.69) is 17.9 Å². The fraction of sp³-hybridized carbons (Fsp3) is 0.786. The molecule has 0 spiro atoms. The number of nitrogens with zero attached hydrogens (tertiary/aromatic N) is 4. The zero-order valence-corrected chi connectivity index (χ0v) is 24.8. The van der Waals surface area contributed by atoms with Crippen molar-refractivity contribution in [1.29, 1.82) is 0 Å². The van der Waals surface area contributed by atoms with Gasteiger partial charge in [-0.05, 0) is 47.0 Å². The summed E-state index contributed by atoms with van der Waals surface area (Å²) in [6.07, 6.45) is -6.63. The van der Waals surface area contributed by atoms with Crippen LogP contribution in [0.1, 0.15) is 66.7 Å². The Hall–Kier alpha value is -2.28. The average Bonchev–Trinajstić information content (AvgIpc) is 2.84. The monoisotopic (exact) mass is 598 g/mol. The van der Waals surface area contributed by atoms with Crippen LogP contribution >= 0.6 is 0 Å². The summed E-state index contributed by atoms with van der Waals surface area (Å²) in [6, 6.07) is 0. The number of amides is 2. The maximum Gasteiger partial charge on any atom is 0.400 e. The molecule has 13 heteroatoms. The third kappa shape index (κ3) is 9.90. The summed E-state index contributed by atoms with van der Waals surface area (Å²) in [7, 11) is 1.62. The van der Waals surface area contributed by atoms with Crippen molar-refractivity contribution in [2.45, 2.75) is 90.2 Å². The van der Waals surface area contributed by atoms with Crippen molar-refractivity contribution in [3.8, 4) is 0 Å². The Morgan fingerprint density at radius 1 is 1.05 bits per heavy atom. The molecular weight excluding hydrogens is 554 g/mol. The normalized spacial score (nSPS) is 20.6. The van der Waals surface area contributed by atoms with Crippen LogP contribution in [0.25, 0.3) is 0 Å². The van der Waals surface area contributed by atoms with Crippen molar-refractivity contribution in [2.75, 3.05) is 46.3 Å². The van der Waals surface area contributed by atoms with E-state index < -0.39 is 41.7 Å². The van der Waals surface area contributed by atoms with Crippen LogP contribution in [0.5, 0.6) is 0 Å². The minimum absolute atomic E-state index is 0.0504. The molecule has 7 nitrogen and oxygen atoms in total. The van der Waals surface area contributed by atoms with Crippen molar-refractivity contribution in [1.82, 2.24) is 19.6 Å². The number of hydrogen-bond acceptors (Lipinski definition) is 5. The first-order valence-corrected chi connectivity index (χ1v) is 14.0. The molecule has 2 aliphatic rings. The minimum atomic E-state index is -5.57. The molecule has 0 aliphatic carbocycles. The summed E-state index contributed by atoms with van der Waals surface area (Å²) in [5.74, 6) is -5.16. The van der Waals surface area contributed by atoms with Gasteiger partial charge in [-0.3, -0.25) is 14.5 Å². The number of halogens is 6. The molecule has 2 rings (SSSR count). The highest BCUT2D eigenvalue weighted by Crippen LogP contribution is 2.42. The molecule has 41 heavy (non-hydrogen) atoms. The van der Waals surface area contributed by atoms with Crippen LogP contribution < -0.4 is 0 Å². The summed E-state index contributed by atoms with van der Waals surface area (Å²) in [5, 5.41) is 10.2. The lowest BCUT2D eigenvalue weighted by Crippen LogP contribution is -2.55. The molecule has 2 heterocycles. The van der Waals surface area contributed by atoms with Crippen LogP contribution in [-0.2, 0) is 9.59 Å². The predicted molar refractivity (Wildman–Crippen MR) is 143 cm³/mol. The fourth-order valence-electron chi connectivity index (χ4n) is 5.21. The molecular formula is C28H44F6N4O3. The molecule has 0 bridgehead atoms. The van der Waals surface area contributed by atoms with Crippen molar-refractivity contribution < 1.29 is 41.0 Å². The maximum absolute atomic E-state index is 13.4. The van der Waals surface area contributed by atoms with E-state index in [1.807, 2.05) is 4.90 Å². The van der Waals surface area contributed by atoms with Crippen molar-refractivity contribution in [3.05, 3.63) is 23.5 Å². The molecule has 0 aromatic carbocycles. The number of alkyl halides is 6. The molecule has 0 aromatic heterocycles. The summed E-state index contributed by atoms with van der Waals surface area (Å²) in [4.78, 5) is 32.5. The van der Waals surface area contributed by atoms with Crippen LogP contribution in [0.2, 0.25) is 0 Å². The molecule has 0 aromatic rings. The Morgan fingerprint density at radius 2 is 1.61 bits per heavy atom. The largest absolute Gasteiger partial charge is 0.400 e. The van der Waals surface area contributed by atoms with Gasteiger partial charge in [0.05, 0.1) is 5.60 Å². The number of allylic oxidation sites excluding steroid dienone is 1. The number of likely N-dealkylation sites (N-methyl/N-ethyl adjacent to an activating group) is 1. The van der Waals surface area contributed by atoms with E-state index in [1.165, 1.54) is 0 Å². The third-order valence-electron chi connectivity index (χ3n) is 7.85. The highest BCUT2D eigenvalue weighted by molar-refractivity contribution is 5.93. The van der Waals surface area contributed by atoms with Gasteiger partial charge in [-0.1, -0.05) is 19.4 Å². The first-order chi connectivity index (χ1) is 18.7. The summed E-state index contributed by atoms with van der Waals surface area (Å²) >= 11 is 0. The topological polar surface area (TPSA) is 67.3 Å². The average molecular weight is 599 g/mol. The number of piperazine rings is 1. The van der Waals surface area contributed by atoms with Gasteiger partial charge in [-0.25, -0.2) is 0 Å². The molecule has 0 radical (unpaired) electrons. The summed E-state index contributed by atoms with van der Waals surface area (Å²) in [5.41, 5.74) is -0.0610. The van der Waals surface area contributed by atoms with Gasteiger partial charge >= 0.3 is 12.4 Å². The lowest BCUT2D eigenvalue weighted by molar-refractivity contribution is -0.284. The zero-order valence-electron chi connectivity index (χ0n) is 24.8. The highest BCUT2D eigenvalue weighted by Gasteiger charge is 2.57. The Kier molecular flexibility index (Phi) is 11.4. The number of β-amino-alcohol motifs (C(OH)–C–C–N with tert-alkyl or cyclic N) is 1. The molecule has 2 aliphatic heterocycles. The van der Waals surface area contributed by atoms with Gasteiger partial charge in [0.15, 0.2) is 5.92 Å². The minimum Gasteiger partial charge on any atom is -0.389 e. The third-order valence-corrected chi connectivity index (χ3v) is 7.85. The zero-order chi connectivity index (χ0) is 31.4. The predicted octanol–water partition coefficient (Wildman–Crippen LogP) is 4.93. The summed E-state index contributed by atoms with van der Waals surface area (Å²) in [6.45, 7) is 11.5. The number of aliphatic hydroxyl groups is 1. The van der Waals surface area contributed by atoms with E-state index in [0.29, 0.717) is 31.8 Å². The Bertz CT molecular complexity index is 965. The summed E-state index contributed by atoms with van der Waals surface area (Å²) < 4.78 is 77.5. The molecule has 2 fully saturated rings. The van der Waals surface area contributed by atoms with Gasteiger partial charge in [0.1, 0.15) is 0 Å². The van der Waals surface area contributed by atoms with E-state index in [4.69, 9.17) is 0 Å². The quantitative estimate of drug-likeness (QED) is 0.301. The number of carbonyl (C=O) groups is 2. The van der Waals surface area contributed by atoms with Gasteiger partial charge in [-0.15, -0.1) is 0 Å². The first-order valence-electron chi connectivity index (χ1n) is 14.0. The highest BCUT2D eigenvalue weighted by atomic mass is 19.4. The number of piperidine rings is 1. The standard InChI is InChI=1S/C28H44F6N4O3/c1-7-8-9-21-18-36(19-25(3,4)41)14-15-38(21)17-20(2)24(40)35(6)26(5)10-12-37(13-11-26)23(39)16-22(27(29,30)31)28(32,33)34/h9,17,22,41H,7-8,10-16,18-19H2,1-6H3/b20-17+,21-9+. The van der Waals surface area contributed by atoms with E-state index in [1.54, 1.807) is 45.8 Å². The molecule has 0 unspecified atom stereocenters. The molecule has 236 valence electrons. The SMILES string of the molecule is CCC/C=C1\CN(CC(C)(C)O)CCN1/C=C(\C)C(=O)N(C)C1(C)CCN(C(=O)CC(C(F)(F)F)C(F)(F)F)CC1. The lowest BCUT2D eigenvalue weighted by atomic mass is 9.87. The van der Waals surface area contributed by atoms with E-state index in [9.17, 15) is 41.0 Å². The second-order valence-electron chi connectivity index (χ2n) is 12.1. The molecule has 0 atom stereocenters. The maximum atomic E-state index is 13.4. The second kappa shape index (κ2) is 13.4. The van der Waals surface area contributed by atoms with Crippen LogP contribution in [0.15, 0.2) is 23.5 Å². The van der Waals surface area contributed by atoms with Gasteiger partial charge in [0.25, 0.3) is 5.91 Å². The van der Waals surface area contributed by atoms with Gasteiger partial charge < -0.3 is 19.8 Å². The smallest absolute Gasteiger partial charge is 0.389 e. The van der Waals surface area contributed by atoms with Crippen LogP contribution in [0.3, 0.4) is 0 Å². The van der Waals surface area contributed by atoms with E-state index in [-0.39, 0.29) is 31.8 Å². The molecule has 2 saturated heterocycles. The Balaban J connectivity index is 2.07. The lowest BCUT2D eigenvalue weighted by Gasteiger charge is -2.45. The second-order valence-corrected chi connectivity index (χ2v) is 12.1. The number of likely N-dealkylation sites (tertiary alicyclic amines) is 1. The number of hydrogen-bond donors (Lipinski definition) is 1. The van der Waals surface area contributed by atoms with Crippen LogP contribution in [0, 0.1) is 5.92 Å². The van der Waals surface area contributed by atoms with Crippen molar-refractivity contribution >= 4 is 11.8 Å². The molecule has 2 amide bonds. The Labute approximate surface area is 238 Å². The van der Waals surface area contributed by atoms with Crippen molar-refractivity contribution in [3.63, 3.8) is 0 Å². The van der Waals surface area contributed by atoms with Gasteiger partial charge in [0, 0.05) is 75.7 Å². The van der Waals surface area contributed by atoms with Gasteiger partial charge in [0.2, 0.25) is 5.91 Å². The molecule has 1 N–H and O–H groups in total. The number of rotatable bonds is 9. The number of unbranched alkanes of at least 4 members (excludes halogenated alkanes) is 1. The Morgan fingerprint density at radius 3 is 2.10 bits per heavy atom. The fourth-order valence-corrected chi connectivity index (χ4v) is 5.21. The van der Waals surface area contributed by atoms with E-state index in [0.717, 1.165) is 23.4 Å². The number of carbonyl (C=O) groups excluding carboxylic acids is 2. The van der Waals surface area contributed by atoms with Gasteiger partial charge in [-0.2, -0.15) is 26.3 Å².